The van der Waals surface area contributed by atoms with E-state index in [2.05, 4.69) is 5.32 Å². The van der Waals surface area contributed by atoms with Crippen molar-refractivity contribution in [2.24, 2.45) is 0 Å². The quantitative estimate of drug-likeness (QED) is 0.555. The molecule has 0 heterocycles. The molecule has 3 aromatic rings. The van der Waals surface area contributed by atoms with Crippen LogP contribution in [0.2, 0.25) is 0 Å². The summed E-state index contributed by atoms with van der Waals surface area (Å²) in [4.78, 5) is 25.8. The van der Waals surface area contributed by atoms with Crippen LogP contribution < -0.4 is 5.32 Å². The summed E-state index contributed by atoms with van der Waals surface area (Å²) in [7, 11) is 0. The maximum absolute atomic E-state index is 13.0. The summed E-state index contributed by atoms with van der Waals surface area (Å²) < 4.78 is 5.75. The van der Waals surface area contributed by atoms with E-state index in [-0.39, 0.29) is 24.3 Å². The SMILES string of the molecule is O=C(CC(c1ccccc1)c1ccccc1)O[C@@H](C(=O)NC1CC1)c1ccccc1. The van der Waals surface area contributed by atoms with Crippen LogP contribution in [-0.4, -0.2) is 17.9 Å². The Hall–Kier alpha value is -3.40. The smallest absolute Gasteiger partial charge is 0.307 e. The first-order valence-corrected chi connectivity index (χ1v) is 10.4. The lowest BCUT2D eigenvalue weighted by Crippen LogP contribution is -2.33. The molecule has 30 heavy (non-hydrogen) atoms. The average molecular weight is 399 g/mol. The van der Waals surface area contributed by atoms with Gasteiger partial charge in [0.05, 0.1) is 6.42 Å². The van der Waals surface area contributed by atoms with Crippen LogP contribution >= 0.6 is 0 Å². The number of amides is 1. The van der Waals surface area contributed by atoms with Crippen molar-refractivity contribution in [1.82, 2.24) is 5.32 Å². The minimum Gasteiger partial charge on any atom is -0.447 e. The molecular weight excluding hydrogens is 374 g/mol. The summed E-state index contributed by atoms with van der Waals surface area (Å²) >= 11 is 0. The number of esters is 1. The summed E-state index contributed by atoms with van der Waals surface area (Å²) in [6.07, 6.45) is 1.18. The minimum absolute atomic E-state index is 0.136. The van der Waals surface area contributed by atoms with Gasteiger partial charge < -0.3 is 10.1 Å². The monoisotopic (exact) mass is 399 g/mol. The van der Waals surface area contributed by atoms with Gasteiger partial charge >= 0.3 is 5.97 Å². The molecule has 152 valence electrons. The fourth-order valence-corrected chi connectivity index (χ4v) is 3.55. The Kier molecular flexibility index (Phi) is 6.23. The van der Waals surface area contributed by atoms with Crippen LogP contribution in [0, 0.1) is 0 Å². The van der Waals surface area contributed by atoms with Gasteiger partial charge in [-0.1, -0.05) is 91.0 Å². The van der Waals surface area contributed by atoms with Crippen molar-refractivity contribution in [3.63, 3.8) is 0 Å². The molecule has 4 rings (SSSR count). The zero-order valence-electron chi connectivity index (χ0n) is 16.7. The van der Waals surface area contributed by atoms with Crippen LogP contribution in [0.3, 0.4) is 0 Å². The molecule has 1 fully saturated rings. The molecule has 0 aliphatic heterocycles. The second kappa shape index (κ2) is 9.40. The second-order valence-electron chi connectivity index (χ2n) is 7.64. The molecule has 1 saturated carbocycles. The molecule has 1 amide bonds. The van der Waals surface area contributed by atoms with Gasteiger partial charge in [0.2, 0.25) is 6.10 Å². The number of carbonyl (C=O) groups is 2. The summed E-state index contributed by atoms with van der Waals surface area (Å²) in [5.41, 5.74) is 2.76. The average Bonchev–Trinajstić information content (AvgIpc) is 3.61. The Morgan fingerprint density at radius 3 is 1.70 bits per heavy atom. The molecule has 3 aromatic carbocycles. The number of hydrogen-bond donors (Lipinski definition) is 1. The lowest BCUT2D eigenvalue weighted by Gasteiger charge is -2.21. The number of rotatable bonds is 8. The van der Waals surface area contributed by atoms with Crippen molar-refractivity contribution in [2.45, 2.75) is 37.3 Å². The molecule has 1 atom stereocenters. The van der Waals surface area contributed by atoms with E-state index in [1.807, 2.05) is 91.0 Å². The number of hydrogen-bond acceptors (Lipinski definition) is 3. The van der Waals surface area contributed by atoms with Gasteiger partial charge in [-0.15, -0.1) is 0 Å². The van der Waals surface area contributed by atoms with Gasteiger partial charge in [0, 0.05) is 17.5 Å². The maximum Gasteiger partial charge on any atom is 0.307 e. The Morgan fingerprint density at radius 2 is 1.23 bits per heavy atom. The van der Waals surface area contributed by atoms with Gasteiger partial charge in [0.25, 0.3) is 5.91 Å². The molecule has 0 saturated heterocycles. The zero-order valence-corrected chi connectivity index (χ0v) is 16.7. The molecular formula is C26H25NO3. The predicted molar refractivity (Wildman–Crippen MR) is 116 cm³/mol. The first-order chi connectivity index (χ1) is 14.7. The van der Waals surface area contributed by atoms with Crippen LogP contribution in [0.25, 0.3) is 0 Å². The fourth-order valence-electron chi connectivity index (χ4n) is 3.55. The third-order valence-electron chi connectivity index (χ3n) is 5.29. The standard InChI is InChI=1S/C26H25NO3/c28-24(18-23(19-10-4-1-5-11-19)20-12-6-2-7-13-20)30-25(21-14-8-3-9-15-21)26(29)27-22-16-17-22/h1-15,22-23,25H,16-18H2,(H,27,29)/t25-/m1/s1. The zero-order chi connectivity index (χ0) is 20.8. The first-order valence-electron chi connectivity index (χ1n) is 10.4. The van der Waals surface area contributed by atoms with E-state index in [4.69, 9.17) is 4.74 Å². The Labute approximate surface area is 176 Å². The van der Waals surface area contributed by atoms with E-state index in [1.54, 1.807) is 0 Å². The van der Waals surface area contributed by atoms with Gasteiger partial charge in [-0.05, 0) is 24.0 Å². The van der Waals surface area contributed by atoms with Crippen molar-refractivity contribution in [3.8, 4) is 0 Å². The summed E-state index contributed by atoms with van der Waals surface area (Å²) in [6, 6.07) is 29.2. The Morgan fingerprint density at radius 1 is 0.767 bits per heavy atom. The molecule has 1 aliphatic carbocycles. The molecule has 4 nitrogen and oxygen atoms in total. The van der Waals surface area contributed by atoms with Gasteiger partial charge in [-0.2, -0.15) is 0 Å². The highest BCUT2D eigenvalue weighted by Gasteiger charge is 2.31. The molecule has 0 bridgehead atoms. The summed E-state index contributed by atoms with van der Waals surface area (Å²) in [6.45, 7) is 0. The molecule has 1 N–H and O–H groups in total. The van der Waals surface area contributed by atoms with Crippen LogP contribution in [0.4, 0.5) is 0 Å². The number of nitrogens with one attached hydrogen (secondary N) is 1. The van der Waals surface area contributed by atoms with Crippen LogP contribution in [0.15, 0.2) is 91.0 Å². The fraction of sp³-hybridized carbons (Fsp3) is 0.231. The minimum atomic E-state index is -0.938. The van der Waals surface area contributed by atoms with E-state index < -0.39 is 12.1 Å². The number of benzene rings is 3. The van der Waals surface area contributed by atoms with Crippen molar-refractivity contribution < 1.29 is 14.3 Å². The Balaban J connectivity index is 1.54. The van der Waals surface area contributed by atoms with Gasteiger partial charge in [0.1, 0.15) is 0 Å². The summed E-state index contributed by atoms with van der Waals surface area (Å²) in [5, 5.41) is 2.96. The third kappa shape index (κ3) is 5.15. The lowest BCUT2D eigenvalue weighted by molar-refractivity contribution is -0.156. The topological polar surface area (TPSA) is 55.4 Å². The maximum atomic E-state index is 13.0. The Bertz CT molecular complexity index is 929. The summed E-state index contributed by atoms with van der Waals surface area (Å²) in [5.74, 6) is -0.789. The van der Waals surface area contributed by atoms with E-state index >= 15 is 0 Å². The van der Waals surface area contributed by atoms with Gasteiger partial charge in [-0.25, -0.2) is 0 Å². The van der Waals surface area contributed by atoms with Gasteiger partial charge in [0.15, 0.2) is 0 Å². The normalized spacial score (nSPS) is 14.2. The molecule has 1 aliphatic rings. The number of carbonyl (C=O) groups excluding carboxylic acids is 2. The third-order valence-corrected chi connectivity index (χ3v) is 5.29. The first kappa shape index (κ1) is 19.9. The molecule has 0 radical (unpaired) electrons. The molecule has 0 spiro atoms. The molecule has 0 unspecified atom stereocenters. The van der Waals surface area contributed by atoms with E-state index in [0.717, 1.165) is 24.0 Å². The van der Waals surface area contributed by atoms with Crippen molar-refractivity contribution in [2.75, 3.05) is 0 Å². The number of ether oxygens (including phenoxy) is 1. The predicted octanol–water partition coefficient (Wildman–Crippen LogP) is 4.77. The second-order valence-corrected chi connectivity index (χ2v) is 7.64. The van der Waals surface area contributed by atoms with E-state index in [9.17, 15) is 9.59 Å². The molecule has 4 heteroatoms. The molecule has 0 aromatic heterocycles. The van der Waals surface area contributed by atoms with E-state index in [1.165, 1.54) is 0 Å². The van der Waals surface area contributed by atoms with Crippen LogP contribution in [0.1, 0.15) is 48.0 Å². The lowest BCUT2D eigenvalue weighted by atomic mass is 9.88. The van der Waals surface area contributed by atoms with Gasteiger partial charge in [-0.3, -0.25) is 9.59 Å². The van der Waals surface area contributed by atoms with E-state index in [0.29, 0.717) is 5.56 Å². The highest BCUT2D eigenvalue weighted by Crippen LogP contribution is 2.30. The van der Waals surface area contributed by atoms with Crippen molar-refractivity contribution in [1.29, 1.82) is 0 Å². The highest BCUT2D eigenvalue weighted by atomic mass is 16.5. The van der Waals surface area contributed by atoms with Crippen LogP contribution in [-0.2, 0) is 14.3 Å². The largest absolute Gasteiger partial charge is 0.447 e. The van der Waals surface area contributed by atoms with Crippen molar-refractivity contribution >= 4 is 11.9 Å². The van der Waals surface area contributed by atoms with Crippen LogP contribution in [0.5, 0.6) is 0 Å². The van der Waals surface area contributed by atoms with Crippen molar-refractivity contribution in [3.05, 3.63) is 108 Å². The highest BCUT2D eigenvalue weighted by molar-refractivity contribution is 5.85.